The predicted molar refractivity (Wildman–Crippen MR) is 59.3 cm³/mol. The third-order valence-corrected chi connectivity index (χ3v) is 3.13. The second kappa shape index (κ2) is 5.18. The minimum Gasteiger partial charge on any atom is -0.508 e. The van der Waals surface area contributed by atoms with Gasteiger partial charge in [-0.1, -0.05) is 0 Å². The highest BCUT2D eigenvalue weighted by molar-refractivity contribution is 8.00. The van der Waals surface area contributed by atoms with Gasteiger partial charge in [0.25, 0.3) is 0 Å². The highest BCUT2D eigenvalue weighted by Crippen LogP contribution is 2.40. The summed E-state index contributed by atoms with van der Waals surface area (Å²) in [5, 5.41) is 8.28. The summed E-state index contributed by atoms with van der Waals surface area (Å²) in [5.74, 6) is -0.747. The van der Waals surface area contributed by atoms with E-state index in [2.05, 4.69) is 0 Å². The van der Waals surface area contributed by atoms with Crippen LogP contribution in [0, 0.1) is 0 Å². The van der Waals surface area contributed by atoms with Crippen LogP contribution in [-0.4, -0.2) is 16.4 Å². The van der Waals surface area contributed by atoms with E-state index in [9.17, 15) is 23.1 Å². The molecule has 1 unspecified atom stereocenters. The Bertz CT molecular complexity index is 434. The number of aromatic hydroxyl groups is 1. The van der Waals surface area contributed by atoms with Gasteiger partial charge in [0.05, 0.1) is 0 Å². The third-order valence-electron chi connectivity index (χ3n) is 1.86. The van der Waals surface area contributed by atoms with Gasteiger partial charge in [-0.05, 0) is 36.9 Å². The maximum atomic E-state index is 12.1. The number of benzene rings is 1. The van der Waals surface area contributed by atoms with Gasteiger partial charge in [-0.2, -0.15) is 13.2 Å². The number of Topliss-reactive ketones (excluding diaryl/α,β-unsaturated/α-hetero) is 1. The molecule has 1 aromatic carbocycles. The van der Waals surface area contributed by atoms with E-state index in [1.807, 2.05) is 0 Å². The molecule has 0 aliphatic carbocycles. The Hall–Kier alpha value is -0.880. The molecule has 2 nitrogen and oxygen atoms in total. The van der Waals surface area contributed by atoms with Crippen LogP contribution >= 0.6 is 23.4 Å². The molecule has 0 spiro atoms. The summed E-state index contributed by atoms with van der Waals surface area (Å²) in [6.07, 6.45) is 0. The van der Waals surface area contributed by atoms with Gasteiger partial charge in [0.15, 0.2) is 5.78 Å². The first kappa shape index (κ1) is 14.2. The number of carbonyl (C=O) groups is 1. The SMILES string of the molecule is CC(=O)C(Cl)c1cc(SC(F)(F)F)ccc1O. The third kappa shape index (κ3) is 4.12. The van der Waals surface area contributed by atoms with Crippen LogP contribution in [0.3, 0.4) is 0 Å². The Morgan fingerprint density at radius 3 is 2.53 bits per heavy atom. The van der Waals surface area contributed by atoms with Crippen molar-refractivity contribution in [2.75, 3.05) is 0 Å². The Morgan fingerprint density at radius 1 is 1.47 bits per heavy atom. The topological polar surface area (TPSA) is 37.3 Å². The van der Waals surface area contributed by atoms with Crippen molar-refractivity contribution in [3.63, 3.8) is 0 Å². The number of hydrogen-bond donors (Lipinski definition) is 1. The molecule has 0 amide bonds. The molecule has 1 aromatic rings. The number of rotatable bonds is 3. The maximum Gasteiger partial charge on any atom is 0.446 e. The molecule has 0 aliphatic heterocycles. The summed E-state index contributed by atoms with van der Waals surface area (Å²) in [6.45, 7) is 1.20. The van der Waals surface area contributed by atoms with Crippen molar-refractivity contribution >= 4 is 29.1 Å². The van der Waals surface area contributed by atoms with E-state index in [4.69, 9.17) is 11.6 Å². The highest BCUT2D eigenvalue weighted by atomic mass is 35.5. The molecule has 0 aromatic heterocycles. The van der Waals surface area contributed by atoms with Crippen molar-refractivity contribution < 1.29 is 23.1 Å². The Morgan fingerprint density at radius 2 is 2.06 bits per heavy atom. The summed E-state index contributed by atoms with van der Waals surface area (Å²) in [6, 6.07) is 3.26. The molecule has 1 rings (SSSR count). The molecule has 0 aliphatic rings. The first-order chi connectivity index (χ1) is 7.70. The first-order valence-corrected chi connectivity index (χ1v) is 5.69. The van der Waals surface area contributed by atoms with Gasteiger partial charge in [0.2, 0.25) is 0 Å². The molecule has 0 saturated carbocycles. The van der Waals surface area contributed by atoms with Gasteiger partial charge in [0, 0.05) is 10.5 Å². The zero-order valence-electron chi connectivity index (χ0n) is 8.58. The molecular formula is C10H8ClF3O2S. The summed E-state index contributed by atoms with van der Waals surface area (Å²) in [4.78, 5) is 10.9. The van der Waals surface area contributed by atoms with Crippen molar-refractivity contribution in [3.05, 3.63) is 23.8 Å². The van der Waals surface area contributed by atoms with Crippen molar-refractivity contribution in [1.82, 2.24) is 0 Å². The Kier molecular flexibility index (Phi) is 4.32. The van der Waals surface area contributed by atoms with Crippen molar-refractivity contribution in [2.45, 2.75) is 22.7 Å². The van der Waals surface area contributed by atoms with Crippen LogP contribution in [0.4, 0.5) is 13.2 Å². The van der Waals surface area contributed by atoms with Crippen LogP contribution in [-0.2, 0) is 4.79 Å². The fourth-order valence-corrected chi connectivity index (χ4v) is 1.92. The number of thioether (sulfide) groups is 1. The number of phenols is 1. The van der Waals surface area contributed by atoms with Crippen LogP contribution in [0.2, 0.25) is 0 Å². The molecule has 1 atom stereocenters. The molecule has 0 saturated heterocycles. The summed E-state index contributed by atoms with van der Waals surface area (Å²) in [7, 11) is 0. The Balaban J connectivity index is 3.06. The lowest BCUT2D eigenvalue weighted by atomic mass is 10.1. The van der Waals surface area contributed by atoms with Crippen LogP contribution in [0.15, 0.2) is 23.1 Å². The number of hydrogen-bond acceptors (Lipinski definition) is 3. The largest absolute Gasteiger partial charge is 0.508 e. The summed E-state index contributed by atoms with van der Waals surface area (Å²) in [5.41, 5.74) is -4.44. The number of ketones is 1. The van der Waals surface area contributed by atoms with Crippen molar-refractivity contribution in [3.8, 4) is 5.75 Å². The fourth-order valence-electron chi connectivity index (χ4n) is 1.15. The molecule has 0 bridgehead atoms. The lowest BCUT2D eigenvalue weighted by Crippen LogP contribution is -2.03. The minimum absolute atomic E-state index is 0.0200. The molecule has 0 heterocycles. The quantitative estimate of drug-likeness (QED) is 0.676. The average Bonchev–Trinajstić information content (AvgIpc) is 2.17. The molecule has 94 valence electrons. The normalized spacial score (nSPS) is 13.5. The lowest BCUT2D eigenvalue weighted by Gasteiger charge is -2.11. The van der Waals surface area contributed by atoms with Gasteiger partial charge < -0.3 is 5.11 Å². The van der Waals surface area contributed by atoms with Crippen LogP contribution in [0.1, 0.15) is 17.9 Å². The highest BCUT2D eigenvalue weighted by Gasteiger charge is 2.30. The van der Waals surface area contributed by atoms with E-state index >= 15 is 0 Å². The van der Waals surface area contributed by atoms with Crippen molar-refractivity contribution in [2.24, 2.45) is 0 Å². The minimum atomic E-state index is -4.42. The van der Waals surface area contributed by atoms with Gasteiger partial charge in [-0.15, -0.1) is 11.6 Å². The molecule has 17 heavy (non-hydrogen) atoms. The number of phenolic OH excluding ortho intramolecular Hbond substituents is 1. The fraction of sp³-hybridized carbons (Fsp3) is 0.300. The standard InChI is InChI=1S/C10H8ClF3O2S/c1-5(15)9(11)7-4-6(2-3-8(7)16)17-10(12,13)14/h2-4,9,16H,1H3. The summed E-state index contributed by atoms with van der Waals surface area (Å²) < 4.78 is 36.4. The van der Waals surface area contributed by atoms with Gasteiger partial charge in [0.1, 0.15) is 11.1 Å². The number of alkyl halides is 4. The monoisotopic (exact) mass is 284 g/mol. The van der Waals surface area contributed by atoms with Gasteiger partial charge >= 0.3 is 5.51 Å². The van der Waals surface area contributed by atoms with E-state index < -0.39 is 16.7 Å². The number of halogens is 4. The summed E-state index contributed by atoms with van der Waals surface area (Å²) >= 11 is 5.36. The molecule has 7 heteroatoms. The zero-order chi connectivity index (χ0) is 13.2. The van der Waals surface area contributed by atoms with Gasteiger partial charge in [-0.25, -0.2) is 0 Å². The smallest absolute Gasteiger partial charge is 0.446 e. The van der Waals surface area contributed by atoms with Crippen LogP contribution in [0.5, 0.6) is 5.75 Å². The van der Waals surface area contributed by atoms with E-state index in [0.29, 0.717) is 0 Å². The predicted octanol–water partition coefficient (Wildman–Crippen LogP) is 3.87. The zero-order valence-corrected chi connectivity index (χ0v) is 10.2. The maximum absolute atomic E-state index is 12.1. The molecule has 0 radical (unpaired) electrons. The Labute approximate surface area is 105 Å². The second-order valence-electron chi connectivity index (χ2n) is 3.24. The molecular weight excluding hydrogens is 277 g/mol. The van der Waals surface area contributed by atoms with Crippen LogP contribution < -0.4 is 0 Å². The molecule has 0 fully saturated rings. The van der Waals surface area contributed by atoms with Crippen molar-refractivity contribution in [1.29, 1.82) is 0 Å². The first-order valence-electron chi connectivity index (χ1n) is 4.44. The second-order valence-corrected chi connectivity index (χ2v) is 4.82. The van der Waals surface area contributed by atoms with Gasteiger partial charge in [-0.3, -0.25) is 4.79 Å². The lowest BCUT2D eigenvalue weighted by molar-refractivity contribution is -0.116. The van der Waals surface area contributed by atoms with Crippen LogP contribution in [0.25, 0.3) is 0 Å². The van der Waals surface area contributed by atoms with E-state index in [0.717, 1.165) is 18.2 Å². The molecule has 1 N–H and O–H groups in total. The number of carbonyl (C=O) groups excluding carboxylic acids is 1. The van der Waals surface area contributed by atoms with E-state index in [1.165, 1.54) is 6.92 Å². The average molecular weight is 285 g/mol. The van der Waals surface area contributed by atoms with E-state index in [-0.39, 0.29) is 28.0 Å². The van der Waals surface area contributed by atoms with E-state index in [1.54, 1.807) is 0 Å².